The second-order valence-electron chi connectivity index (χ2n) is 10.9. The van der Waals surface area contributed by atoms with Crippen molar-refractivity contribution < 1.29 is 19.1 Å². The molecular weight excluding hydrogens is 330 g/mol. The van der Waals surface area contributed by atoms with Crippen LogP contribution in [0.1, 0.15) is 60.8 Å². The minimum Gasteiger partial charge on any atom is -0.458 e. The van der Waals surface area contributed by atoms with Gasteiger partial charge in [0.2, 0.25) is 0 Å². The van der Waals surface area contributed by atoms with Crippen molar-refractivity contribution in [3.05, 3.63) is 0 Å². The standard InChI is InChI=1S/C21H33NO4/c1-11(2)20(6,10-19(3,4)5)17(23)25-15-12-7-13-16(15)26-18(24)21(13,8-12)14-9-22-14/h11-16,22H,7-10H2,1-6H3. The van der Waals surface area contributed by atoms with E-state index in [0.717, 1.165) is 25.8 Å². The van der Waals surface area contributed by atoms with Gasteiger partial charge in [-0.1, -0.05) is 34.6 Å². The third-order valence-corrected chi connectivity index (χ3v) is 7.54. The predicted octanol–water partition coefficient (Wildman–Crippen LogP) is 2.92. The van der Waals surface area contributed by atoms with Crippen LogP contribution in [0.3, 0.4) is 0 Å². The highest BCUT2D eigenvalue weighted by Crippen LogP contribution is 2.65. The Morgan fingerprint density at radius 1 is 1.35 bits per heavy atom. The van der Waals surface area contributed by atoms with Crippen molar-refractivity contribution in [1.82, 2.24) is 5.32 Å². The van der Waals surface area contributed by atoms with Crippen LogP contribution in [0, 0.1) is 34.0 Å². The molecule has 0 aromatic rings. The van der Waals surface area contributed by atoms with Gasteiger partial charge >= 0.3 is 11.9 Å². The molecule has 2 aliphatic heterocycles. The number of ether oxygens (including phenoxy) is 2. The van der Waals surface area contributed by atoms with Crippen molar-refractivity contribution in [2.24, 2.45) is 34.0 Å². The molecule has 0 aromatic carbocycles. The van der Waals surface area contributed by atoms with E-state index in [9.17, 15) is 9.59 Å². The molecule has 0 amide bonds. The number of carbonyl (C=O) groups is 2. The Morgan fingerprint density at radius 3 is 2.54 bits per heavy atom. The van der Waals surface area contributed by atoms with E-state index in [-0.39, 0.29) is 58.8 Å². The zero-order valence-electron chi connectivity index (χ0n) is 16.9. The minimum atomic E-state index is -0.530. The first-order valence-corrected chi connectivity index (χ1v) is 10.1. The molecule has 2 heterocycles. The summed E-state index contributed by atoms with van der Waals surface area (Å²) in [5.41, 5.74) is -0.831. The Kier molecular flexibility index (Phi) is 3.84. The first-order valence-electron chi connectivity index (χ1n) is 10.1. The lowest BCUT2D eigenvalue weighted by Crippen LogP contribution is -2.46. The van der Waals surface area contributed by atoms with E-state index in [1.165, 1.54) is 0 Å². The van der Waals surface area contributed by atoms with E-state index in [2.05, 4.69) is 39.9 Å². The van der Waals surface area contributed by atoms with Crippen LogP contribution in [-0.2, 0) is 19.1 Å². The molecule has 4 rings (SSSR count). The van der Waals surface area contributed by atoms with Gasteiger partial charge < -0.3 is 14.8 Å². The molecule has 2 aliphatic carbocycles. The number of fused-ring (bicyclic) bond motifs is 1. The van der Waals surface area contributed by atoms with Crippen LogP contribution >= 0.6 is 0 Å². The molecule has 146 valence electrons. The average molecular weight is 363 g/mol. The third kappa shape index (κ3) is 2.45. The van der Waals surface area contributed by atoms with Crippen molar-refractivity contribution in [1.29, 1.82) is 0 Å². The first kappa shape index (κ1) is 18.3. The molecule has 2 saturated heterocycles. The summed E-state index contributed by atoms with van der Waals surface area (Å²) in [6, 6.07) is 0.272. The van der Waals surface area contributed by atoms with E-state index in [1.54, 1.807) is 0 Å². The number of carbonyl (C=O) groups excluding carboxylic acids is 2. The molecule has 0 aromatic heterocycles. The van der Waals surface area contributed by atoms with Gasteiger partial charge in [-0.2, -0.15) is 0 Å². The fourth-order valence-electron chi connectivity index (χ4n) is 6.00. The number of hydrogen-bond acceptors (Lipinski definition) is 5. The summed E-state index contributed by atoms with van der Waals surface area (Å²) in [5.74, 6) is 0.469. The van der Waals surface area contributed by atoms with Crippen LogP contribution in [0.25, 0.3) is 0 Å². The summed E-state index contributed by atoms with van der Waals surface area (Å²) >= 11 is 0. The van der Waals surface area contributed by atoms with Crippen molar-refractivity contribution in [3.8, 4) is 0 Å². The fraction of sp³-hybridized carbons (Fsp3) is 0.905. The smallest absolute Gasteiger partial charge is 0.314 e. The Labute approximate surface area is 156 Å². The Morgan fingerprint density at radius 2 is 2.00 bits per heavy atom. The highest BCUT2D eigenvalue weighted by atomic mass is 16.6. The Hall–Kier alpha value is -1.10. The summed E-state index contributed by atoms with van der Waals surface area (Å²) < 4.78 is 11.9. The normalized spacial score (nSPS) is 42.7. The van der Waals surface area contributed by atoms with E-state index in [4.69, 9.17) is 9.47 Å². The highest BCUT2D eigenvalue weighted by molar-refractivity contribution is 5.83. The first-order chi connectivity index (χ1) is 12.0. The van der Waals surface area contributed by atoms with Crippen molar-refractivity contribution in [3.63, 3.8) is 0 Å². The van der Waals surface area contributed by atoms with Gasteiger partial charge in [0.15, 0.2) is 0 Å². The third-order valence-electron chi connectivity index (χ3n) is 7.54. The van der Waals surface area contributed by atoms with Gasteiger partial charge in [0.25, 0.3) is 0 Å². The number of nitrogens with one attached hydrogen (secondary N) is 1. The highest BCUT2D eigenvalue weighted by Gasteiger charge is 2.75. The monoisotopic (exact) mass is 363 g/mol. The summed E-state index contributed by atoms with van der Waals surface area (Å²) in [7, 11) is 0. The zero-order chi connectivity index (χ0) is 19.1. The van der Waals surface area contributed by atoms with Crippen molar-refractivity contribution in [2.75, 3.05) is 6.54 Å². The molecule has 5 nitrogen and oxygen atoms in total. The summed E-state index contributed by atoms with van der Waals surface area (Å²) in [5, 5.41) is 3.32. The number of hydrogen-bond donors (Lipinski definition) is 1. The molecular formula is C21H33NO4. The van der Waals surface area contributed by atoms with Crippen LogP contribution < -0.4 is 5.32 Å². The predicted molar refractivity (Wildman–Crippen MR) is 97.2 cm³/mol. The topological polar surface area (TPSA) is 74.5 Å². The lowest BCUT2D eigenvalue weighted by atomic mass is 9.68. The maximum Gasteiger partial charge on any atom is 0.314 e. The zero-order valence-corrected chi connectivity index (χ0v) is 16.9. The molecule has 0 radical (unpaired) electrons. The maximum absolute atomic E-state index is 13.2. The van der Waals surface area contributed by atoms with E-state index in [0.29, 0.717) is 0 Å². The Balaban J connectivity index is 1.52. The second kappa shape index (κ2) is 5.46. The molecule has 7 atom stereocenters. The van der Waals surface area contributed by atoms with Gasteiger partial charge in [0.1, 0.15) is 12.2 Å². The summed E-state index contributed by atoms with van der Waals surface area (Å²) in [6.45, 7) is 13.6. The lowest BCUT2D eigenvalue weighted by molar-refractivity contribution is -0.175. The minimum absolute atomic E-state index is 0.0410. The van der Waals surface area contributed by atoms with Crippen LogP contribution in [0.5, 0.6) is 0 Å². The van der Waals surface area contributed by atoms with Gasteiger partial charge in [0, 0.05) is 24.4 Å². The van der Waals surface area contributed by atoms with Crippen LogP contribution in [0.2, 0.25) is 0 Å². The van der Waals surface area contributed by atoms with Crippen LogP contribution in [-0.4, -0.2) is 36.7 Å². The van der Waals surface area contributed by atoms with Gasteiger partial charge in [-0.3, -0.25) is 9.59 Å². The molecule has 1 N–H and O–H groups in total. The molecule has 7 unspecified atom stereocenters. The fourth-order valence-corrected chi connectivity index (χ4v) is 6.00. The second-order valence-corrected chi connectivity index (χ2v) is 10.9. The number of esters is 2. The SMILES string of the molecule is CC(C)C(C)(CC(C)(C)C)C(=O)OC1C2CC3C1OC(=O)C3(C1CN1)C2. The molecule has 2 saturated carbocycles. The van der Waals surface area contributed by atoms with Gasteiger partial charge in [0.05, 0.1) is 10.8 Å². The van der Waals surface area contributed by atoms with E-state index < -0.39 is 5.41 Å². The average Bonchev–Trinajstić information content (AvgIpc) is 3.17. The molecule has 26 heavy (non-hydrogen) atoms. The lowest BCUT2D eigenvalue weighted by Gasteiger charge is -2.39. The quantitative estimate of drug-likeness (QED) is 0.600. The van der Waals surface area contributed by atoms with Crippen molar-refractivity contribution in [2.45, 2.75) is 79.1 Å². The Bertz CT molecular complexity index is 634. The molecule has 0 spiro atoms. The summed E-state index contributed by atoms with van der Waals surface area (Å²) in [6.07, 6.45) is 2.03. The van der Waals surface area contributed by atoms with E-state index in [1.807, 2.05) is 6.92 Å². The largest absolute Gasteiger partial charge is 0.458 e. The van der Waals surface area contributed by atoms with E-state index >= 15 is 0 Å². The van der Waals surface area contributed by atoms with Gasteiger partial charge in [-0.15, -0.1) is 0 Å². The van der Waals surface area contributed by atoms with Crippen LogP contribution in [0.4, 0.5) is 0 Å². The molecule has 4 fully saturated rings. The molecule has 2 bridgehead atoms. The molecule has 5 heteroatoms. The van der Waals surface area contributed by atoms with Crippen LogP contribution in [0.15, 0.2) is 0 Å². The van der Waals surface area contributed by atoms with Gasteiger partial charge in [-0.05, 0) is 37.5 Å². The maximum atomic E-state index is 13.2. The number of rotatable bonds is 5. The van der Waals surface area contributed by atoms with Crippen molar-refractivity contribution >= 4 is 11.9 Å². The summed E-state index contributed by atoms with van der Waals surface area (Å²) in [4.78, 5) is 25.8. The molecule has 4 aliphatic rings. The van der Waals surface area contributed by atoms with Gasteiger partial charge in [-0.25, -0.2) is 0 Å².